The molecule has 1 aliphatic rings. The Bertz CT molecular complexity index is 889. The van der Waals surface area contributed by atoms with Crippen LogP contribution in [0.4, 0.5) is 37.7 Å². The van der Waals surface area contributed by atoms with E-state index in [4.69, 9.17) is 4.74 Å². The van der Waals surface area contributed by atoms with Crippen LogP contribution in [0.2, 0.25) is 0 Å². The van der Waals surface area contributed by atoms with Gasteiger partial charge in [-0.2, -0.15) is 26.3 Å². The fraction of sp³-hybridized carbons (Fsp3) is 0.316. The van der Waals surface area contributed by atoms with Crippen LogP contribution in [0, 0.1) is 0 Å². The molecule has 2 aromatic rings. The normalized spacial score (nSPS) is 15.3. The second-order valence-electron chi connectivity index (χ2n) is 6.36. The molecule has 0 aliphatic carbocycles. The van der Waals surface area contributed by atoms with E-state index in [-0.39, 0.29) is 11.3 Å². The van der Waals surface area contributed by atoms with Gasteiger partial charge in [-0.3, -0.25) is 4.79 Å². The first-order valence-electron chi connectivity index (χ1n) is 8.58. The number of nitrogens with one attached hydrogen (secondary N) is 1. The number of anilines is 2. The Labute approximate surface area is 162 Å². The molecule has 1 N–H and O–H groups in total. The Morgan fingerprint density at radius 2 is 1.52 bits per heavy atom. The van der Waals surface area contributed by atoms with Crippen LogP contribution in [0.5, 0.6) is 0 Å². The minimum Gasteiger partial charge on any atom is -0.378 e. The fourth-order valence-electron chi connectivity index (χ4n) is 2.92. The van der Waals surface area contributed by atoms with E-state index >= 15 is 0 Å². The van der Waals surface area contributed by atoms with Gasteiger partial charge in [-0.15, -0.1) is 0 Å². The van der Waals surface area contributed by atoms with Crippen LogP contribution in [0.1, 0.15) is 21.5 Å². The molecule has 0 atom stereocenters. The van der Waals surface area contributed by atoms with Crippen LogP contribution < -0.4 is 10.2 Å². The molecule has 0 radical (unpaired) electrons. The second kappa shape index (κ2) is 7.94. The van der Waals surface area contributed by atoms with Gasteiger partial charge < -0.3 is 15.0 Å². The van der Waals surface area contributed by atoms with Gasteiger partial charge in [-0.25, -0.2) is 0 Å². The zero-order chi connectivity index (χ0) is 21.2. The molecule has 29 heavy (non-hydrogen) atoms. The lowest BCUT2D eigenvalue weighted by molar-refractivity contribution is -0.138. The van der Waals surface area contributed by atoms with Crippen molar-refractivity contribution in [3.05, 3.63) is 59.2 Å². The van der Waals surface area contributed by atoms with Gasteiger partial charge in [-0.05, 0) is 36.4 Å². The number of benzene rings is 2. The predicted octanol–water partition coefficient (Wildman–Crippen LogP) is 4.81. The van der Waals surface area contributed by atoms with Crippen LogP contribution in [0.25, 0.3) is 0 Å². The Hall–Kier alpha value is -2.75. The molecule has 0 saturated carbocycles. The van der Waals surface area contributed by atoms with E-state index in [2.05, 4.69) is 5.32 Å². The number of amides is 1. The van der Waals surface area contributed by atoms with E-state index in [1.54, 1.807) is 4.90 Å². The van der Waals surface area contributed by atoms with Crippen LogP contribution in [-0.4, -0.2) is 32.2 Å². The smallest absolute Gasteiger partial charge is 0.378 e. The summed E-state index contributed by atoms with van der Waals surface area (Å²) in [6, 6.07) is 6.58. The first-order valence-corrected chi connectivity index (χ1v) is 8.58. The number of alkyl halides is 6. The van der Waals surface area contributed by atoms with Crippen molar-refractivity contribution in [2.45, 2.75) is 12.4 Å². The third kappa shape index (κ3) is 5.00. The van der Waals surface area contributed by atoms with E-state index in [9.17, 15) is 31.1 Å². The third-order valence-corrected chi connectivity index (χ3v) is 4.38. The number of carbonyl (C=O) groups excluding carboxylic acids is 1. The van der Waals surface area contributed by atoms with Gasteiger partial charge in [0, 0.05) is 18.7 Å². The minimum atomic E-state index is -4.65. The largest absolute Gasteiger partial charge is 0.416 e. The molecule has 1 heterocycles. The van der Waals surface area contributed by atoms with Crippen LogP contribution in [0.3, 0.4) is 0 Å². The average Bonchev–Trinajstić information content (AvgIpc) is 2.67. The summed E-state index contributed by atoms with van der Waals surface area (Å²) in [5.74, 6) is -0.940. The van der Waals surface area contributed by atoms with E-state index < -0.39 is 29.4 Å². The van der Waals surface area contributed by atoms with Crippen molar-refractivity contribution in [3.63, 3.8) is 0 Å². The summed E-state index contributed by atoms with van der Waals surface area (Å²) in [7, 11) is 0. The van der Waals surface area contributed by atoms with Crippen LogP contribution in [-0.2, 0) is 17.1 Å². The molecule has 3 rings (SSSR count). The molecule has 10 heteroatoms. The van der Waals surface area contributed by atoms with Gasteiger partial charge in [0.15, 0.2) is 0 Å². The highest BCUT2D eigenvalue weighted by molar-refractivity contribution is 6.06. The summed E-state index contributed by atoms with van der Waals surface area (Å²) in [4.78, 5) is 14.2. The van der Waals surface area contributed by atoms with Gasteiger partial charge in [0.1, 0.15) is 0 Å². The molecule has 1 aliphatic heterocycles. The maximum Gasteiger partial charge on any atom is 0.416 e. The number of carbonyl (C=O) groups is 1. The first-order chi connectivity index (χ1) is 13.6. The molecule has 1 fully saturated rings. The van der Waals surface area contributed by atoms with E-state index in [1.165, 1.54) is 6.07 Å². The maximum absolute atomic E-state index is 13.1. The average molecular weight is 418 g/mol. The number of hydrogen-bond acceptors (Lipinski definition) is 3. The number of ether oxygens (including phenoxy) is 1. The highest BCUT2D eigenvalue weighted by Crippen LogP contribution is 2.36. The molecular formula is C19H16F6N2O2. The molecule has 1 amide bonds. The summed E-state index contributed by atoms with van der Waals surface area (Å²) in [5.41, 5.74) is -2.12. The Morgan fingerprint density at radius 1 is 0.897 bits per heavy atom. The van der Waals surface area contributed by atoms with Crippen LogP contribution in [0.15, 0.2) is 42.5 Å². The number of halogens is 6. The highest BCUT2D eigenvalue weighted by Gasteiger charge is 2.33. The Kier molecular flexibility index (Phi) is 5.74. The summed E-state index contributed by atoms with van der Waals surface area (Å²) < 4.78 is 83.2. The summed E-state index contributed by atoms with van der Waals surface area (Å²) in [6.45, 7) is 1.53. The quantitative estimate of drug-likeness (QED) is 0.728. The monoisotopic (exact) mass is 418 g/mol. The number of hydrogen-bond donors (Lipinski definition) is 1. The zero-order valence-corrected chi connectivity index (χ0v) is 14.9. The van der Waals surface area contributed by atoms with Crippen molar-refractivity contribution >= 4 is 17.3 Å². The van der Waals surface area contributed by atoms with Crippen molar-refractivity contribution in [2.75, 3.05) is 36.5 Å². The Morgan fingerprint density at radius 3 is 2.14 bits per heavy atom. The lowest BCUT2D eigenvalue weighted by Gasteiger charge is -2.31. The second-order valence-corrected chi connectivity index (χ2v) is 6.36. The van der Waals surface area contributed by atoms with Crippen molar-refractivity contribution < 1.29 is 35.9 Å². The van der Waals surface area contributed by atoms with Crippen LogP contribution >= 0.6 is 0 Å². The molecular weight excluding hydrogens is 402 g/mol. The molecule has 0 bridgehead atoms. The zero-order valence-electron chi connectivity index (χ0n) is 14.9. The van der Waals surface area contributed by atoms with Crippen molar-refractivity contribution in [1.82, 2.24) is 0 Å². The highest BCUT2D eigenvalue weighted by atomic mass is 19.4. The first kappa shape index (κ1) is 21.0. The van der Waals surface area contributed by atoms with Crippen molar-refractivity contribution in [3.8, 4) is 0 Å². The topological polar surface area (TPSA) is 41.6 Å². The van der Waals surface area contributed by atoms with E-state index in [0.29, 0.717) is 38.1 Å². The summed E-state index contributed by atoms with van der Waals surface area (Å²) in [6.07, 6.45) is -9.29. The Balaban J connectivity index is 1.94. The standard InChI is InChI=1S/C19H16F6N2O2/c20-18(21,22)13-3-1-2-12(10-13)17(28)26-15-11-14(19(23,24)25)4-5-16(15)27-6-8-29-9-7-27/h1-5,10-11H,6-9H2,(H,26,28). The molecule has 0 unspecified atom stereocenters. The summed E-state index contributed by atoms with van der Waals surface area (Å²) >= 11 is 0. The minimum absolute atomic E-state index is 0.135. The predicted molar refractivity (Wildman–Crippen MR) is 93.9 cm³/mol. The van der Waals surface area contributed by atoms with Gasteiger partial charge in [-0.1, -0.05) is 6.07 Å². The molecule has 0 spiro atoms. The van der Waals surface area contributed by atoms with Gasteiger partial charge in [0.05, 0.1) is 35.7 Å². The number of nitrogens with zero attached hydrogens (tertiary/aromatic N) is 1. The van der Waals surface area contributed by atoms with Gasteiger partial charge in [0.2, 0.25) is 0 Å². The maximum atomic E-state index is 13.1. The fourth-order valence-corrected chi connectivity index (χ4v) is 2.92. The molecule has 4 nitrogen and oxygen atoms in total. The van der Waals surface area contributed by atoms with E-state index in [1.807, 2.05) is 0 Å². The number of morpholine rings is 1. The molecule has 156 valence electrons. The van der Waals surface area contributed by atoms with Crippen molar-refractivity contribution in [2.24, 2.45) is 0 Å². The van der Waals surface area contributed by atoms with E-state index in [0.717, 1.165) is 30.3 Å². The molecule has 0 aromatic heterocycles. The lowest BCUT2D eigenvalue weighted by Crippen LogP contribution is -2.36. The summed E-state index contributed by atoms with van der Waals surface area (Å²) in [5, 5.41) is 2.33. The number of rotatable bonds is 3. The van der Waals surface area contributed by atoms with Gasteiger partial charge in [0.25, 0.3) is 5.91 Å². The lowest BCUT2D eigenvalue weighted by atomic mass is 10.1. The third-order valence-electron chi connectivity index (χ3n) is 4.38. The molecule has 2 aromatic carbocycles. The SMILES string of the molecule is O=C(Nc1cc(C(F)(F)F)ccc1N1CCOCC1)c1cccc(C(F)(F)F)c1. The van der Waals surface area contributed by atoms with Gasteiger partial charge >= 0.3 is 12.4 Å². The van der Waals surface area contributed by atoms with Crippen molar-refractivity contribution in [1.29, 1.82) is 0 Å². The molecule has 1 saturated heterocycles.